The predicted octanol–water partition coefficient (Wildman–Crippen LogP) is 6.69. The Kier molecular flexibility index (Phi) is 8.16. The molecule has 0 unspecified atom stereocenters. The third kappa shape index (κ3) is 6.24. The number of nitrogens with zero attached hydrogens (tertiary/aromatic N) is 4. The molecule has 40 heavy (non-hydrogen) atoms. The molecule has 4 rings (SSSR count). The number of amides is 1. The van der Waals surface area contributed by atoms with Gasteiger partial charge < -0.3 is 23.8 Å². The van der Waals surface area contributed by atoms with E-state index in [9.17, 15) is 9.59 Å². The van der Waals surface area contributed by atoms with E-state index in [0.717, 1.165) is 5.57 Å². The molecule has 0 saturated carbocycles. The zero-order valence-corrected chi connectivity index (χ0v) is 25.7. The highest BCUT2D eigenvalue weighted by atomic mass is 79.9. The number of carbonyl (C=O) groups excluding carboxylic acids is 2. The van der Waals surface area contributed by atoms with E-state index in [1.807, 2.05) is 53.7 Å². The first-order valence-corrected chi connectivity index (χ1v) is 13.7. The first-order valence-electron chi connectivity index (χ1n) is 12.9. The van der Waals surface area contributed by atoms with Gasteiger partial charge in [0.05, 0.1) is 36.3 Å². The Labute approximate surface area is 242 Å². The van der Waals surface area contributed by atoms with Gasteiger partial charge in [-0.2, -0.15) is 0 Å². The Hall–Kier alpha value is -3.60. The first-order chi connectivity index (χ1) is 18.7. The molecule has 0 radical (unpaired) electrons. The van der Waals surface area contributed by atoms with Crippen LogP contribution in [0, 0.1) is 0 Å². The Morgan fingerprint density at radius 1 is 0.950 bits per heavy atom. The molecule has 10 nitrogen and oxygen atoms in total. The average molecular weight is 616 g/mol. The molecule has 1 aliphatic heterocycles. The van der Waals surface area contributed by atoms with Gasteiger partial charge in [0, 0.05) is 18.7 Å². The van der Waals surface area contributed by atoms with Crippen molar-refractivity contribution in [3.05, 3.63) is 40.6 Å². The minimum absolute atomic E-state index is 0.346. The van der Waals surface area contributed by atoms with E-state index in [1.54, 1.807) is 37.4 Å². The van der Waals surface area contributed by atoms with Gasteiger partial charge in [0.25, 0.3) is 0 Å². The van der Waals surface area contributed by atoms with Gasteiger partial charge in [-0.1, -0.05) is 6.08 Å². The molecule has 11 heteroatoms. The number of hydrogen-bond acceptors (Lipinski definition) is 8. The summed E-state index contributed by atoms with van der Waals surface area (Å²) in [5, 5.41) is 0. The van der Waals surface area contributed by atoms with Crippen molar-refractivity contribution in [1.82, 2.24) is 19.4 Å². The summed E-state index contributed by atoms with van der Waals surface area (Å²) < 4.78 is 24.1. The highest BCUT2D eigenvalue weighted by molar-refractivity contribution is 9.10. The normalized spacial score (nSPS) is 14.1. The zero-order valence-electron chi connectivity index (χ0n) is 24.1. The predicted molar refractivity (Wildman–Crippen MR) is 156 cm³/mol. The maximum Gasteiger partial charge on any atom is 0.420 e. The number of aromatic nitrogens is 3. The van der Waals surface area contributed by atoms with Gasteiger partial charge in [-0.3, -0.25) is 0 Å². The number of rotatable bonds is 4. The second-order valence-corrected chi connectivity index (χ2v) is 12.2. The largest absolute Gasteiger partial charge is 0.493 e. The molecule has 0 fully saturated rings. The van der Waals surface area contributed by atoms with E-state index in [4.69, 9.17) is 23.9 Å². The maximum atomic E-state index is 13.5. The molecule has 1 aromatic carbocycles. The van der Waals surface area contributed by atoms with E-state index in [0.29, 0.717) is 63.6 Å². The summed E-state index contributed by atoms with van der Waals surface area (Å²) in [6, 6.07) is 5.39. The summed E-state index contributed by atoms with van der Waals surface area (Å²) in [6.45, 7) is 11.9. The lowest BCUT2D eigenvalue weighted by Gasteiger charge is -2.29. The van der Waals surface area contributed by atoms with Crippen LogP contribution in [-0.2, 0) is 9.47 Å². The van der Waals surface area contributed by atoms with Gasteiger partial charge >= 0.3 is 12.2 Å². The number of fused-ring (bicyclic) bond motifs is 1. The van der Waals surface area contributed by atoms with Crippen LogP contribution in [0.15, 0.2) is 34.9 Å². The van der Waals surface area contributed by atoms with Gasteiger partial charge in [-0.15, -0.1) is 0 Å². The second kappa shape index (κ2) is 11.1. The van der Waals surface area contributed by atoms with Crippen molar-refractivity contribution in [2.45, 2.75) is 59.2 Å². The molecule has 1 aliphatic rings. The number of halogens is 1. The van der Waals surface area contributed by atoms with Gasteiger partial charge in [0.15, 0.2) is 17.1 Å². The summed E-state index contributed by atoms with van der Waals surface area (Å²) >= 11 is 3.69. The quantitative estimate of drug-likeness (QED) is 0.320. The van der Waals surface area contributed by atoms with Crippen LogP contribution in [0.2, 0.25) is 0 Å². The fourth-order valence-corrected chi connectivity index (χ4v) is 4.96. The van der Waals surface area contributed by atoms with Crippen LogP contribution in [0.1, 0.15) is 53.7 Å². The first kappa shape index (κ1) is 29.4. The van der Waals surface area contributed by atoms with Crippen molar-refractivity contribution in [3.63, 3.8) is 0 Å². The molecule has 214 valence electrons. The fourth-order valence-electron chi connectivity index (χ4n) is 4.28. The van der Waals surface area contributed by atoms with Crippen LogP contribution in [-0.4, -0.2) is 70.1 Å². The van der Waals surface area contributed by atoms with Crippen LogP contribution < -0.4 is 9.47 Å². The molecular weight excluding hydrogens is 580 g/mol. The summed E-state index contributed by atoms with van der Waals surface area (Å²) in [7, 11) is 3.12. The van der Waals surface area contributed by atoms with E-state index in [1.165, 1.54) is 4.57 Å². The summed E-state index contributed by atoms with van der Waals surface area (Å²) in [5.41, 5.74) is 2.39. The molecule has 3 heterocycles. The molecule has 1 amide bonds. The molecule has 0 atom stereocenters. The fraction of sp³-hybridized carbons (Fsp3) is 0.448. The zero-order chi connectivity index (χ0) is 29.4. The Morgan fingerprint density at radius 2 is 1.60 bits per heavy atom. The van der Waals surface area contributed by atoms with Crippen LogP contribution in [0.3, 0.4) is 0 Å². The van der Waals surface area contributed by atoms with E-state index in [-0.39, 0.29) is 6.09 Å². The Morgan fingerprint density at radius 3 is 2.17 bits per heavy atom. The SMILES string of the molecule is COc1ccc(-c2c(Br)c3nc(C4=CCN(C(=O)OC(C)(C)C)CC4)cnc3n2C(=O)OC(C)(C)C)cc1OC. The number of benzene rings is 1. The average Bonchev–Trinajstić information content (AvgIpc) is 3.18. The number of carbonyl (C=O) groups is 2. The maximum absolute atomic E-state index is 13.5. The summed E-state index contributed by atoms with van der Waals surface area (Å²) in [4.78, 5) is 37.2. The third-order valence-corrected chi connectivity index (χ3v) is 6.78. The van der Waals surface area contributed by atoms with E-state index >= 15 is 0 Å². The lowest BCUT2D eigenvalue weighted by Crippen LogP contribution is -2.39. The highest BCUT2D eigenvalue weighted by Gasteiger charge is 2.29. The van der Waals surface area contributed by atoms with E-state index < -0.39 is 17.3 Å². The minimum Gasteiger partial charge on any atom is -0.493 e. The van der Waals surface area contributed by atoms with Crippen LogP contribution >= 0.6 is 15.9 Å². The topological polar surface area (TPSA) is 105 Å². The van der Waals surface area contributed by atoms with E-state index in [2.05, 4.69) is 20.9 Å². The van der Waals surface area contributed by atoms with Crippen molar-refractivity contribution in [3.8, 4) is 22.8 Å². The summed E-state index contributed by atoms with van der Waals surface area (Å²) in [5.74, 6) is 1.07. The Bertz CT molecular complexity index is 1480. The van der Waals surface area contributed by atoms with Gasteiger partial charge in [0.1, 0.15) is 16.7 Å². The molecule has 2 aromatic heterocycles. The lowest BCUT2D eigenvalue weighted by molar-refractivity contribution is 0.0270. The van der Waals surface area contributed by atoms with Crippen molar-refractivity contribution in [2.24, 2.45) is 0 Å². The molecule has 0 saturated heterocycles. The molecule has 0 bridgehead atoms. The molecule has 0 spiro atoms. The van der Waals surface area contributed by atoms with Crippen LogP contribution in [0.25, 0.3) is 28.0 Å². The number of methoxy groups -OCH3 is 2. The standard InChI is InChI=1S/C29H35BrN4O6/c1-28(2,3)39-26(35)33-13-11-17(12-14-33)19-16-31-25-23(32-19)22(30)24(34(25)27(36)40-29(4,5)6)18-9-10-20(37-7)21(15-18)38-8/h9-11,15-16H,12-14H2,1-8H3. The number of ether oxygens (including phenoxy) is 4. The summed E-state index contributed by atoms with van der Waals surface area (Å²) in [6.07, 6.45) is 3.26. The molecular formula is C29H35BrN4O6. The Balaban J connectivity index is 1.78. The van der Waals surface area contributed by atoms with Crippen molar-refractivity contribution >= 4 is 44.9 Å². The van der Waals surface area contributed by atoms with Crippen LogP contribution in [0.5, 0.6) is 11.5 Å². The van der Waals surface area contributed by atoms with Gasteiger partial charge in [-0.25, -0.2) is 24.1 Å². The molecule has 0 N–H and O–H groups in total. The highest BCUT2D eigenvalue weighted by Crippen LogP contribution is 2.40. The van der Waals surface area contributed by atoms with Crippen molar-refractivity contribution in [2.75, 3.05) is 27.3 Å². The van der Waals surface area contributed by atoms with Crippen molar-refractivity contribution < 1.29 is 28.5 Å². The number of hydrogen-bond donors (Lipinski definition) is 0. The third-order valence-electron chi connectivity index (χ3n) is 6.03. The molecule has 3 aromatic rings. The lowest BCUT2D eigenvalue weighted by atomic mass is 10.1. The minimum atomic E-state index is -0.727. The second-order valence-electron chi connectivity index (χ2n) is 11.4. The smallest absolute Gasteiger partial charge is 0.420 e. The van der Waals surface area contributed by atoms with Gasteiger partial charge in [0.2, 0.25) is 0 Å². The van der Waals surface area contributed by atoms with Crippen molar-refractivity contribution in [1.29, 1.82) is 0 Å². The molecule has 0 aliphatic carbocycles. The van der Waals surface area contributed by atoms with Gasteiger partial charge in [-0.05, 0) is 87.7 Å². The monoisotopic (exact) mass is 614 g/mol. The van der Waals surface area contributed by atoms with Crippen LogP contribution in [0.4, 0.5) is 9.59 Å².